The second-order valence-corrected chi connectivity index (χ2v) is 7.31. The standard InChI is InChI=1S/C20H27N5O2/c1-4-16-7-6-15(11-21-16)20(27)24-8-5-9-25-13-23-18(17(25)12-24)19(26)22-10-14(2)3/h6-7,11,13-14H,4-5,8-10,12H2,1-3H3,(H,22,26). The summed E-state index contributed by atoms with van der Waals surface area (Å²) in [5.41, 5.74) is 2.74. The zero-order chi connectivity index (χ0) is 19.4. The van der Waals surface area contributed by atoms with Crippen molar-refractivity contribution in [2.75, 3.05) is 13.1 Å². The Morgan fingerprint density at radius 3 is 2.70 bits per heavy atom. The van der Waals surface area contributed by atoms with Gasteiger partial charge < -0.3 is 14.8 Å². The molecule has 0 saturated heterocycles. The Hall–Kier alpha value is -2.70. The number of hydrogen-bond donors (Lipinski definition) is 1. The summed E-state index contributed by atoms with van der Waals surface area (Å²) in [7, 11) is 0. The number of rotatable bonds is 5. The number of carbonyl (C=O) groups is 2. The Morgan fingerprint density at radius 2 is 2.04 bits per heavy atom. The highest BCUT2D eigenvalue weighted by Crippen LogP contribution is 2.18. The molecule has 0 fully saturated rings. The molecule has 0 spiro atoms. The molecule has 7 nitrogen and oxygen atoms in total. The van der Waals surface area contributed by atoms with E-state index >= 15 is 0 Å². The molecule has 1 N–H and O–H groups in total. The minimum atomic E-state index is -0.180. The third-order valence-electron chi connectivity index (χ3n) is 4.72. The van der Waals surface area contributed by atoms with E-state index in [1.165, 1.54) is 0 Å². The van der Waals surface area contributed by atoms with Crippen molar-refractivity contribution in [3.63, 3.8) is 0 Å². The minimum absolute atomic E-state index is 0.0617. The number of aromatic nitrogens is 3. The van der Waals surface area contributed by atoms with E-state index in [-0.39, 0.29) is 11.8 Å². The zero-order valence-corrected chi connectivity index (χ0v) is 16.2. The van der Waals surface area contributed by atoms with E-state index in [1.54, 1.807) is 17.4 Å². The largest absolute Gasteiger partial charge is 0.350 e. The molecule has 0 atom stereocenters. The summed E-state index contributed by atoms with van der Waals surface area (Å²) in [5, 5.41) is 2.92. The quantitative estimate of drug-likeness (QED) is 0.877. The Bertz CT molecular complexity index is 810. The Kier molecular flexibility index (Phi) is 5.88. The van der Waals surface area contributed by atoms with Crippen molar-refractivity contribution < 1.29 is 9.59 Å². The number of imidazole rings is 1. The third kappa shape index (κ3) is 4.35. The van der Waals surface area contributed by atoms with Gasteiger partial charge in [-0.3, -0.25) is 14.6 Å². The van der Waals surface area contributed by atoms with Crippen molar-refractivity contribution in [1.29, 1.82) is 0 Å². The van der Waals surface area contributed by atoms with Crippen LogP contribution in [0.2, 0.25) is 0 Å². The van der Waals surface area contributed by atoms with Crippen molar-refractivity contribution in [3.05, 3.63) is 47.3 Å². The van der Waals surface area contributed by atoms with Crippen molar-refractivity contribution in [2.45, 2.75) is 46.7 Å². The van der Waals surface area contributed by atoms with E-state index in [2.05, 4.69) is 15.3 Å². The molecule has 144 valence electrons. The van der Waals surface area contributed by atoms with Crippen LogP contribution in [0.5, 0.6) is 0 Å². The first-order chi connectivity index (χ1) is 13.0. The molecule has 0 aromatic carbocycles. The van der Waals surface area contributed by atoms with Crippen LogP contribution in [0.25, 0.3) is 0 Å². The van der Waals surface area contributed by atoms with Crippen LogP contribution in [-0.4, -0.2) is 44.3 Å². The molecule has 0 unspecified atom stereocenters. The van der Waals surface area contributed by atoms with E-state index in [0.29, 0.717) is 36.8 Å². The van der Waals surface area contributed by atoms with Gasteiger partial charge in [-0.25, -0.2) is 4.98 Å². The zero-order valence-electron chi connectivity index (χ0n) is 16.2. The summed E-state index contributed by atoms with van der Waals surface area (Å²) in [6.07, 6.45) is 5.00. The second-order valence-electron chi connectivity index (χ2n) is 7.31. The van der Waals surface area contributed by atoms with Crippen molar-refractivity contribution >= 4 is 11.8 Å². The highest BCUT2D eigenvalue weighted by Gasteiger charge is 2.25. The van der Waals surface area contributed by atoms with Crippen molar-refractivity contribution in [2.24, 2.45) is 5.92 Å². The van der Waals surface area contributed by atoms with Crippen LogP contribution < -0.4 is 5.32 Å². The van der Waals surface area contributed by atoms with Crippen molar-refractivity contribution in [1.82, 2.24) is 24.8 Å². The van der Waals surface area contributed by atoms with Crippen LogP contribution >= 0.6 is 0 Å². The summed E-state index contributed by atoms with van der Waals surface area (Å²) in [5.74, 6) is 0.126. The lowest BCUT2D eigenvalue weighted by Gasteiger charge is -2.20. The van der Waals surface area contributed by atoms with Gasteiger partial charge in [0.1, 0.15) is 0 Å². The molecule has 0 aliphatic carbocycles. The summed E-state index contributed by atoms with van der Waals surface area (Å²) >= 11 is 0. The predicted octanol–water partition coefficient (Wildman–Crippen LogP) is 2.27. The first-order valence-corrected chi connectivity index (χ1v) is 9.56. The molecule has 0 radical (unpaired) electrons. The normalized spacial score (nSPS) is 14.0. The summed E-state index contributed by atoms with van der Waals surface area (Å²) < 4.78 is 1.98. The molecular formula is C20H27N5O2. The fraction of sp³-hybridized carbons (Fsp3) is 0.500. The molecule has 3 rings (SSSR count). The van der Waals surface area contributed by atoms with Gasteiger partial charge in [0.25, 0.3) is 11.8 Å². The summed E-state index contributed by atoms with van der Waals surface area (Å²) in [6.45, 7) is 8.49. The molecule has 27 heavy (non-hydrogen) atoms. The number of nitrogens with zero attached hydrogens (tertiary/aromatic N) is 4. The average molecular weight is 369 g/mol. The lowest BCUT2D eigenvalue weighted by Crippen LogP contribution is -2.33. The number of pyridine rings is 1. The topological polar surface area (TPSA) is 80.1 Å². The van der Waals surface area contributed by atoms with Gasteiger partial charge in [0.05, 0.1) is 24.1 Å². The number of aryl methyl sites for hydroxylation is 2. The molecule has 1 aliphatic rings. The molecule has 0 saturated carbocycles. The monoisotopic (exact) mass is 369 g/mol. The third-order valence-corrected chi connectivity index (χ3v) is 4.72. The first kappa shape index (κ1) is 19.1. The van der Waals surface area contributed by atoms with Crippen LogP contribution in [0.4, 0.5) is 0 Å². The van der Waals surface area contributed by atoms with Crippen molar-refractivity contribution in [3.8, 4) is 0 Å². The number of nitrogens with one attached hydrogen (secondary N) is 1. The molecule has 2 amide bonds. The van der Waals surface area contributed by atoms with Gasteiger partial charge in [-0.05, 0) is 30.9 Å². The van der Waals surface area contributed by atoms with Crippen LogP contribution in [-0.2, 0) is 19.5 Å². The average Bonchev–Trinajstić information content (AvgIpc) is 2.95. The van der Waals surface area contributed by atoms with Gasteiger partial charge in [-0.15, -0.1) is 0 Å². The summed E-state index contributed by atoms with van der Waals surface area (Å²) in [4.78, 5) is 35.9. The van der Waals surface area contributed by atoms with E-state index in [1.807, 2.05) is 37.5 Å². The fourth-order valence-corrected chi connectivity index (χ4v) is 3.14. The highest BCUT2D eigenvalue weighted by molar-refractivity contribution is 5.95. The molecule has 0 bridgehead atoms. The SMILES string of the molecule is CCc1ccc(C(=O)N2CCCn3cnc(C(=O)NCC(C)C)c3C2)cn1. The predicted molar refractivity (Wildman–Crippen MR) is 102 cm³/mol. The molecule has 3 heterocycles. The smallest absolute Gasteiger partial charge is 0.271 e. The van der Waals surface area contributed by atoms with Crippen LogP contribution in [0.1, 0.15) is 59.4 Å². The van der Waals surface area contributed by atoms with E-state index in [4.69, 9.17) is 0 Å². The van der Waals surface area contributed by atoms with E-state index in [0.717, 1.165) is 30.8 Å². The van der Waals surface area contributed by atoms with Gasteiger partial charge >= 0.3 is 0 Å². The minimum Gasteiger partial charge on any atom is -0.350 e. The number of carbonyl (C=O) groups excluding carboxylic acids is 2. The Balaban J connectivity index is 1.79. The lowest BCUT2D eigenvalue weighted by atomic mass is 10.2. The molecule has 7 heteroatoms. The van der Waals surface area contributed by atoms with Gasteiger partial charge in [0.2, 0.25) is 0 Å². The Labute approximate surface area is 159 Å². The number of fused-ring (bicyclic) bond motifs is 1. The van der Waals surface area contributed by atoms with E-state index < -0.39 is 0 Å². The van der Waals surface area contributed by atoms with Gasteiger partial charge in [0.15, 0.2) is 5.69 Å². The molecular weight excluding hydrogens is 342 g/mol. The lowest BCUT2D eigenvalue weighted by molar-refractivity contribution is 0.0742. The maximum atomic E-state index is 12.9. The molecule has 1 aliphatic heterocycles. The maximum Gasteiger partial charge on any atom is 0.271 e. The second kappa shape index (κ2) is 8.33. The fourth-order valence-electron chi connectivity index (χ4n) is 3.14. The molecule has 2 aromatic heterocycles. The molecule has 2 aromatic rings. The first-order valence-electron chi connectivity index (χ1n) is 9.56. The van der Waals surface area contributed by atoms with Gasteiger partial charge in [-0.2, -0.15) is 0 Å². The van der Waals surface area contributed by atoms with Crippen LogP contribution in [0, 0.1) is 5.92 Å². The van der Waals surface area contributed by atoms with E-state index in [9.17, 15) is 9.59 Å². The van der Waals surface area contributed by atoms with Gasteiger partial charge in [0, 0.05) is 31.5 Å². The van der Waals surface area contributed by atoms with Gasteiger partial charge in [-0.1, -0.05) is 20.8 Å². The number of amides is 2. The summed E-state index contributed by atoms with van der Waals surface area (Å²) in [6, 6.07) is 3.71. The number of hydrogen-bond acceptors (Lipinski definition) is 4. The maximum absolute atomic E-state index is 12.9. The van der Waals surface area contributed by atoms with Crippen LogP contribution in [0.15, 0.2) is 24.7 Å². The highest BCUT2D eigenvalue weighted by atomic mass is 16.2. The van der Waals surface area contributed by atoms with Crippen LogP contribution in [0.3, 0.4) is 0 Å². The Morgan fingerprint density at radius 1 is 1.22 bits per heavy atom.